The highest BCUT2D eigenvalue weighted by Gasteiger charge is 2.48. The van der Waals surface area contributed by atoms with Gasteiger partial charge in [0.05, 0.1) is 6.10 Å². The average molecular weight is 580 g/mol. The minimum atomic E-state index is -4.80. The van der Waals surface area contributed by atoms with Crippen LogP contribution in [0.25, 0.3) is 0 Å². The van der Waals surface area contributed by atoms with Gasteiger partial charge < -0.3 is 25.4 Å². The van der Waals surface area contributed by atoms with E-state index in [1.807, 2.05) is 5.32 Å². The Hall–Kier alpha value is -2.34. The number of halogens is 4. The molecule has 3 amide bonds. The number of nitrogens with one attached hydrogen (secondary N) is 2. The van der Waals surface area contributed by atoms with E-state index in [0.717, 1.165) is 4.90 Å². The van der Waals surface area contributed by atoms with Crippen molar-refractivity contribution in [2.75, 3.05) is 6.54 Å². The summed E-state index contributed by atoms with van der Waals surface area (Å²) < 4.78 is 47.3. The molecule has 0 saturated carbocycles. The van der Waals surface area contributed by atoms with Gasteiger partial charge in [0.1, 0.15) is 17.7 Å². The van der Waals surface area contributed by atoms with Crippen LogP contribution in [0.2, 0.25) is 0 Å². The number of carbonyl (C=O) groups excluding carboxylic acids is 3. The number of alkyl halides is 3. The van der Waals surface area contributed by atoms with E-state index >= 15 is 0 Å². The SMILES string of the molecule is CC(C)(C)OC(=O)NC(C(=O)N1C[C@H](O)C[C@H]1C(=O)NC(c1ccc(Br)cc1)C(F)(F)F)C(C)(C)C. The first-order valence-corrected chi connectivity index (χ1v) is 12.2. The standard InChI is InChI=1S/C24H33BrF3N3O5/c1-22(2,3)18(30-21(35)36-23(4,5)6)20(34)31-12-15(32)11-16(31)19(33)29-17(24(26,27)28)13-7-9-14(25)10-8-13/h7-10,15-18,32H,11-12H2,1-6H3,(H,29,33)(H,30,35)/t15-,16+,17?,18?/m1/s1. The summed E-state index contributed by atoms with van der Waals surface area (Å²) in [6.45, 7) is 9.74. The van der Waals surface area contributed by atoms with Gasteiger partial charge in [-0.2, -0.15) is 13.2 Å². The lowest BCUT2D eigenvalue weighted by molar-refractivity contribution is -0.165. The fourth-order valence-electron chi connectivity index (χ4n) is 3.79. The first kappa shape index (κ1) is 29.9. The van der Waals surface area contributed by atoms with Crippen LogP contribution < -0.4 is 10.6 Å². The van der Waals surface area contributed by atoms with E-state index in [4.69, 9.17) is 4.74 Å². The summed E-state index contributed by atoms with van der Waals surface area (Å²) in [4.78, 5) is 39.9. The van der Waals surface area contributed by atoms with Gasteiger partial charge in [-0.25, -0.2) is 4.79 Å². The number of benzene rings is 1. The number of rotatable bonds is 5. The van der Waals surface area contributed by atoms with E-state index in [9.17, 15) is 32.7 Å². The molecule has 0 radical (unpaired) electrons. The number of carbonyl (C=O) groups is 3. The molecular weight excluding hydrogens is 547 g/mol. The zero-order valence-electron chi connectivity index (χ0n) is 21.1. The molecule has 0 aromatic heterocycles. The molecule has 0 aliphatic carbocycles. The summed E-state index contributed by atoms with van der Waals surface area (Å²) in [5.74, 6) is -1.77. The maximum absolute atomic E-state index is 13.8. The number of amides is 3. The number of alkyl carbamates (subject to hydrolysis) is 1. The third-order valence-electron chi connectivity index (χ3n) is 5.46. The Balaban J connectivity index is 2.30. The number of aliphatic hydroxyl groups excluding tert-OH is 1. The number of hydrogen-bond donors (Lipinski definition) is 3. The lowest BCUT2D eigenvalue weighted by Gasteiger charge is -2.36. The van der Waals surface area contributed by atoms with Crippen LogP contribution in [0.15, 0.2) is 28.7 Å². The van der Waals surface area contributed by atoms with Crippen molar-refractivity contribution in [3.63, 3.8) is 0 Å². The van der Waals surface area contributed by atoms with Gasteiger partial charge >= 0.3 is 12.3 Å². The molecule has 1 aromatic carbocycles. The van der Waals surface area contributed by atoms with Gasteiger partial charge in [0.15, 0.2) is 6.04 Å². The third-order valence-corrected chi connectivity index (χ3v) is 5.98. The van der Waals surface area contributed by atoms with Crippen LogP contribution in [0, 0.1) is 5.41 Å². The van der Waals surface area contributed by atoms with Crippen LogP contribution >= 0.6 is 15.9 Å². The number of nitrogens with zero attached hydrogens (tertiary/aromatic N) is 1. The van der Waals surface area contributed by atoms with Gasteiger partial charge in [0.25, 0.3) is 0 Å². The van der Waals surface area contributed by atoms with Crippen molar-refractivity contribution in [3.05, 3.63) is 34.3 Å². The van der Waals surface area contributed by atoms with Gasteiger partial charge in [-0.05, 0) is 43.9 Å². The Morgan fingerprint density at radius 3 is 2.08 bits per heavy atom. The van der Waals surface area contributed by atoms with Crippen LogP contribution in [-0.4, -0.2) is 64.4 Å². The van der Waals surface area contributed by atoms with Crippen LogP contribution in [0.3, 0.4) is 0 Å². The number of hydrogen-bond acceptors (Lipinski definition) is 5. The Labute approximate surface area is 217 Å². The quantitative estimate of drug-likeness (QED) is 0.487. The van der Waals surface area contributed by atoms with Crippen LogP contribution in [-0.2, 0) is 14.3 Å². The molecule has 0 bridgehead atoms. The molecule has 0 spiro atoms. The smallest absolute Gasteiger partial charge is 0.412 e. The molecule has 1 aliphatic rings. The van der Waals surface area contributed by atoms with E-state index in [1.165, 1.54) is 24.3 Å². The van der Waals surface area contributed by atoms with Gasteiger partial charge in [-0.15, -0.1) is 0 Å². The molecule has 3 N–H and O–H groups in total. The molecule has 2 unspecified atom stereocenters. The fourth-order valence-corrected chi connectivity index (χ4v) is 4.06. The normalized spacial score (nSPS) is 20.5. The maximum Gasteiger partial charge on any atom is 0.412 e. The van der Waals surface area contributed by atoms with E-state index in [1.54, 1.807) is 41.5 Å². The molecule has 36 heavy (non-hydrogen) atoms. The molecule has 1 fully saturated rings. The van der Waals surface area contributed by atoms with Crippen molar-refractivity contribution in [2.24, 2.45) is 5.41 Å². The Morgan fingerprint density at radius 2 is 1.61 bits per heavy atom. The molecule has 12 heteroatoms. The highest BCUT2D eigenvalue weighted by atomic mass is 79.9. The van der Waals surface area contributed by atoms with Crippen molar-refractivity contribution in [1.29, 1.82) is 0 Å². The lowest BCUT2D eigenvalue weighted by atomic mass is 9.85. The molecule has 2 rings (SSSR count). The van der Waals surface area contributed by atoms with E-state index in [-0.39, 0.29) is 18.5 Å². The number of aliphatic hydroxyl groups is 1. The van der Waals surface area contributed by atoms with Gasteiger partial charge in [0.2, 0.25) is 11.8 Å². The van der Waals surface area contributed by atoms with Crippen LogP contribution in [0.5, 0.6) is 0 Å². The number of β-amino-alcohol motifs (C(OH)–C–C–N with tert-alkyl or cyclic N) is 1. The first-order chi connectivity index (χ1) is 16.3. The molecule has 202 valence electrons. The molecule has 4 atom stereocenters. The van der Waals surface area contributed by atoms with Gasteiger partial charge in [-0.1, -0.05) is 48.8 Å². The summed E-state index contributed by atoms with van der Waals surface area (Å²) in [7, 11) is 0. The minimum Gasteiger partial charge on any atom is -0.444 e. The third kappa shape index (κ3) is 8.09. The summed E-state index contributed by atoms with van der Waals surface area (Å²) in [5, 5.41) is 14.7. The van der Waals surface area contributed by atoms with Crippen molar-refractivity contribution in [2.45, 2.75) is 84.0 Å². The van der Waals surface area contributed by atoms with Crippen LogP contribution in [0.1, 0.15) is 59.6 Å². The predicted molar refractivity (Wildman–Crippen MR) is 130 cm³/mol. The predicted octanol–water partition coefficient (Wildman–Crippen LogP) is 4.07. The topological polar surface area (TPSA) is 108 Å². The monoisotopic (exact) mass is 579 g/mol. The van der Waals surface area contributed by atoms with E-state index in [2.05, 4.69) is 21.2 Å². The first-order valence-electron chi connectivity index (χ1n) is 11.4. The Morgan fingerprint density at radius 1 is 1.06 bits per heavy atom. The van der Waals surface area contributed by atoms with Crippen molar-refractivity contribution in [3.8, 4) is 0 Å². The summed E-state index contributed by atoms with van der Waals surface area (Å²) in [5.41, 5.74) is -1.86. The fraction of sp³-hybridized carbons (Fsp3) is 0.625. The summed E-state index contributed by atoms with van der Waals surface area (Å²) in [6.07, 6.45) is -7.03. The molecule has 8 nitrogen and oxygen atoms in total. The van der Waals surface area contributed by atoms with Gasteiger partial charge in [-0.3, -0.25) is 9.59 Å². The van der Waals surface area contributed by atoms with Crippen molar-refractivity contribution >= 4 is 33.8 Å². The van der Waals surface area contributed by atoms with Gasteiger partial charge in [0, 0.05) is 17.4 Å². The minimum absolute atomic E-state index is 0.186. The second-order valence-electron chi connectivity index (χ2n) is 10.9. The number of likely N-dealkylation sites (tertiary alicyclic amines) is 1. The Bertz CT molecular complexity index is 958. The summed E-state index contributed by atoms with van der Waals surface area (Å²) in [6, 6.07) is 0.462. The second kappa shape index (κ2) is 11.0. The number of ether oxygens (including phenoxy) is 1. The average Bonchev–Trinajstić information content (AvgIpc) is 3.09. The van der Waals surface area contributed by atoms with Crippen LogP contribution in [0.4, 0.5) is 18.0 Å². The second-order valence-corrected chi connectivity index (χ2v) is 11.8. The largest absolute Gasteiger partial charge is 0.444 e. The molecule has 1 heterocycles. The van der Waals surface area contributed by atoms with E-state index < -0.39 is 59.3 Å². The lowest BCUT2D eigenvalue weighted by Crippen LogP contribution is -2.58. The molecule has 1 aliphatic heterocycles. The van der Waals surface area contributed by atoms with E-state index in [0.29, 0.717) is 4.47 Å². The Kier molecular flexibility index (Phi) is 9.10. The molecular formula is C24H33BrF3N3O5. The van der Waals surface area contributed by atoms with Crippen molar-refractivity contribution in [1.82, 2.24) is 15.5 Å². The molecule has 1 saturated heterocycles. The summed E-state index contributed by atoms with van der Waals surface area (Å²) >= 11 is 3.16. The van der Waals surface area contributed by atoms with Crippen molar-refractivity contribution < 1.29 is 37.4 Å². The zero-order valence-corrected chi connectivity index (χ0v) is 22.7. The highest BCUT2D eigenvalue weighted by molar-refractivity contribution is 9.10. The highest BCUT2D eigenvalue weighted by Crippen LogP contribution is 2.34. The maximum atomic E-state index is 13.8. The molecule has 1 aromatic rings. The zero-order chi connectivity index (χ0) is 27.6.